The molecule has 2 aromatic carbocycles. The molecule has 0 radical (unpaired) electrons. The highest BCUT2D eigenvalue weighted by atomic mass is 19.1. The Kier molecular flexibility index (Phi) is 6.41. The topological polar surface area (TPSA) is 67.2 Å². The minimum atomic E-state index is -0.334. The molecule has 1 aromatic heterocycles. The lowest BCUT2D eigenvalue weighted by atomic mass is 10.1. The van der Waals surface area contributed by atoms with Crippen molar-refractivity contribution in [1.82, 2.24) is 9.47 Å². The van der Waals surface area contributed by atoms with Crippen LogP contribution >= 0.6 is 0 Å². The van der Waals surface area contributed by atoms with Crippen LogP contribution in [0.5, 0.6) is 5.75 Å². The van der Waals surface area contributed by atoms with Gasteiger partial charge in [-0.25, -0.2) is 4.39 Å². The monoisotopic (exact) mass is 493 g/mol. The summed E-state index contributed by atoms with van der Waals surface area (Å²) in [7, 11) is 0. The van der Waals surface area contributed by atoms with Crippen LogP contribution in [0.3, 0.4) is 0 Å². The van der Waals surface area contributed by atoms with Crippen LogP contribution in [-0.2, 0) is 4.74 Å². The molecular formula is C28H32FN3O4. The second kappa shape index (κ2) is 9.84. The van der Waals surface area contributed by atoms with Crippen molar-refractivity contribution in [2.75, 3.05) is 44.3 Å². The van der Waals surface area contributed by atoms with Crippen LogP contribution < -0.4 is 15.2 Å². The number of ether oxygens (including phenoxy) is 2. The quantitative estimate of drug-likeness (QED) is 0.568. The number of anilines is 1. The van der Waals surface area contributed by atoms with Gasteiger partial charge in [0.05, 0.1) is 23.6 Å². The van der Waals surface area contributed by atoms with E-state index in [0.717, 1.165) is 57.3 Å². The van der Waals surface area contributed by atoms with E-state index in [0.29, 0.717) is 41.7 Å². The van der Waals surface area contributed by atoms with Crippen molar-refractivity contribution in [3.63, 3.8) is 0 Å². The Morgan fingerprint density at radius 3 is 2.75 bits per heavy atom. The standard InChI is InChI=1S/C28H32FN3O4/c29-26-15-20(3-6-27(26)31-10-8-21(16-31)30-11-9-22(33)17-30)32-12-7-19-14-23(4-5-25(19)28(32)34)36-18-24-2-1-13-35-24/h3-7,12,14-15,21-22,24,33H,1-2,8-11,13,16-18H2/t21?,22?,24-/m1/s1. The van der Waals surface area contributed by atoms with Gasteiger partial charge in [-0.3, -0.25) is 14.3 Å². The van der Waals surface area contributed by atoms with Gasteiger partial charge in [-0.15, -0.1) is 0 Å². The molecule has 0 amide bonds. The Hall–Kier alpha value is -2.94. The highest BCUT2D eigenvalue weighted by molar-refractivity contribution is 5.83. The van der Waals surface area contributed by atoms with Crippen LogP contribution in [0.2, 0.25) is 0 Å². The molecule has 7 nitrogen and oxygen atoms in total. The number of β-amino-alcohol motifs (C(OH)–C–C–N with tert-alkyl or cyclic N) is 1. The van der Waals surface area contributed by atoms with Crippen molar-refractivity contribution in [3.8, 4) is 11.4 Å². The fourth-order valence-corrected chi connectivity index (χ4v) is 5.74. The number of aliphatic hydroxyl groups is 1. The first-order chi connectivity index (χ1) is 17.5. The summed E-state index contributed by atoms with van der Waals surface area (Å²) in [5.74, 6) is 0.373. The van der Waals surface area contributed by atoms with Crippen LogP contribution in [0.1, 0.15) is 25.7 Å². The number of pyridine rings is 1. The van der Waals surface area contributed by atoms with Gasteiger partial charge >= 0.3 is 0 Å². The summed E-state index contributed by atoms with van der Waals surface area (Å²) in [5.41, 5.74) is 0.863. The maximum absolute atomic E-state index is 15.2. The van der Waals surface area contributed by atoms with Gasteiger partial charge in [-0.2, -0.15) is 0 Å². The summed E-state index contributed by atoms with van der Waals surface area (Å²) < 4.78 is 28.2. The van der Waals surface area contributed by atoms with E-state index in [4.69, 9.17) is 9.47 Å². The first-order valence-electron chi connectivity index (χ1n) is 12.9. The molecule has 6 rings (SSSR count). The number of benzene rings is 2. The van der Waals surface area contributed by atoms with Crippen molar-refractivity contribution in [1.29, 1.82) is 0 Å². The normalized spacial score (nSPS) is 24.7. The molecule has 3 aromatic rings. The Morgan fingerprint density at radius 1 is 1.06 bits per heavy atom. The van der Waals surface area contributed by atoms with Crippen molar-refractivity contribution in [2.24, 2.45) is 0 Å². The van der Waals surface area contributed by atoms with Crippen LogP contribution in [0, 0.1) is 5.82 Å². The second-order valence-corrected chi connectivity index (χ2v) is 10.1. The van der Waals surface area contributed by atoms with Crippen LogP contribution in [-0.4, -0.2) is 72.2 Å². The van der Waals surface area contributed by atoms with Gasteiger partial charge in [0, 0.05) is 56.5 Å². The van der Waals surface area contributed by atoms with Crippen molar-refractivity contribution >= 4 is 16.5 Å². The predicted molar refractivity (Wildman–Crippen MR) is 137 cm³/mol. The second-order valence-electron chi connectivity index (χ2n) is 10.1. The maximum Gasteiger partial charge on any atom is 0.262 e. The van der Waals surface area contributed by atoms with Gasteiger partial charge in [0.15, 0.2) is 0 Å². The van der Waals surface area contributed by atoms with Gasteiger partial charge < -0.3 is 19.5 Å². The molecule has 190 valence electrons. The molecule has 0 spiro atoms. The first kappa shape index (κ1) is 23.5. The molecule has 3 fully saturated rings. The third-order valence-corrected chi connectivity index (χ3v) is 7.76. The molecule has 8 heteroatoms. The molecule has 3 saturated heterocycles. The maximum atomic E-state index is 15.2. The molecule has 0 aliphatic carbocycles. The Balaban J connectivity index is 1.18. The number of aromatic nitrogens is 1. The Morgan fingerprint density at radius 2 is 1.97 bits per heavy atom. The molecule has 4 heterocycles. The van der Waals surface area contributed by atoms with E-state index >= 15 is 4.39 Å². The summed E-state index contributed by atoms with van der Waals surface area (Å²) in [6.45, 7) is 4.42. The van der Waals surface area contributed by atoms with Crippen molar-refractivity contribution < 1.29 is 19.0 Å². The summed E-state index contributed by atoms with van der Waals surface area (Å²) >= 11 is 0. The van der Waals surface area contributed by atoms with Crippen molar-refractivity contribution in [3.05, 3.63) is 64.8 Å². The number of likely N-dealkylation sites (tertiary alicyclic amines) is 1. The van der Waals surface area contributed by atoms with Crippen LogP contribution in [0.15, 0.2) is 53.5 Å². The van der Waals surface area contributed by atoms with E-state index in [1.807, 2.05) is 12.1 Å². The zero-order valence-electron chi connectivity index (χ0n) is 20.3. The van der Waals surface area contributed by atoms with Gasteiger partial charge in [0.2, 0.25) is 0 Å². The number of rotatable bonds is 6. The Labute approximate surface area is 209 Å². The zero-order chi connectivity index (χ0) is 24.6. The fraction of sp³-hybridized carbons (Fsp3) is 0.464. The van der Waals surface area contributed by atoms with E-state index in [9.17, 15) is 9.90 Å². The number of halogens is 1. The lowest BCUT2D eigenvalue weighted by molar-refractivity contribution is 0.0680. The summed E-state index contributed by atoms with van der Waals surface area (Å²) in [5, 5.41) is 11.2. The summed E-state index contributed by atoms with van der Waals surface area (Å²) in [6, 6.07) is 12.6. The third-order valence-electron chi connectivity index (χ3n) is 7.76. The lowest BCUT2D eigenvalue weighted by Crippen LogP contribution is -2.36. The Bertz CT molecular complexity index is 1310. The van der Waals surface area contributed by atoms with Gasteiger partial charge in [0.1, 0.15) is 18.2 Å². The molecule has 2 unspecified atom stereocenters. The molecule has 36 heavy (non-hydrogen) atoms. The number of fused-ring (bicyclic) bond motifs is 1. The minimum Gasteiger partial charge on any atom is -0.491 e. The molecule has 3 aliphatic heterocycles. The number of hydrogen-bond donors (Lipinski definition) is 1. The first-order valence-corrected chi connectivity index (χ1v) is 12.9. The molecule has 1 N–H and O–H groups in total. The highest BCUT2D eigenvalue weighted by Crippen LogP contribution is 2.29. The van der Waals surface area contributed by atoms with Gasteiger partial charge in [-0.1, -0.05) is 0 Å². The highest BCUT2D eigenvalue weighted by Gasteiger charge is 2.33. The SMILES string of the molecule is O=c1c2ccc(OC[C@H]3CCCO3)cc2ccn1-c1ccc(N2CCC(N3CCC(O)C3)C2)c(F)c1. The molecule has 0 bridgehead atoms. The van der Waals surface area contributed by atoms with E-state index < -0.39 is 0 Å². The molecule has 3 atom stereocenters. The molecule has 0 saturated carbocycles. The van der Waals surface area contributed by atoms with Gasteiger partial charge in [0.25, 0.3) is 5.56 Å². The van der Waals surface area contributed by atoms with E-state index in [1.54, 1.807) is 30.5 Å². The summed E-state index contributed by atoms with van der Waals surface area (Å²) in [6.07, 6.45) is 5.41. The smallest absolute Gasteiger partial charge is 0.262 e. The molecular weight excluding hydrogens is 461 g/mol. The minimum absolute atomic E-state index is 0.131. The largest absolute Gasteiger partial charge is 0.491 e. The number of hydrogen-bond acceptors (Lipinski definition) is 6. The third kappa shape index (κ3) is 4.61. The van der Waals surface area contributed by atoms with E-state index in [-0.39, 0.29) is 23.6 Å². The molecule has 3 aliphatic rings. The number of aliphatic hydroxyl groups excluding tert-OH is 1. The van der Waals surface area contributed by atoms with Gasteiger partial charge in [-0.05, 0) is 67.5 Å². The fourth-order valence-electron chi connectivity index (χ4n) is 5.74. The number of nitrogens with zero attached hydrogens (tertiary/aromatic N) is 3. The summed E-state index contributed by atoms with van der Waals surface area (Å²) in [4.78, 5) is 17.6. The average Bonchev–Trinajstić information content (AvgIpc) is 3.65. The van der Waals surface area contributed by atoms with E-state index in [2.05, 4.69) is 9.80 Å². The predicted octanol–water partition coefficient (Wildman–Crippen LogP) is 3.33. The van der Waals surface area contributed by atoms with Crippen LogP contribution in [0.4, 0.5) is 10.1 Å². The zero-order valence-corrected chi connectivity index (χ0v) is 20.3. The van der Waals surface area contributed by atoms with E-state index in [1.165, 1.54) is 10.6 Å². The van der Waals surface area contributed by atoms with Crippen molar-refractivity contribution in [2.45, 2.75) is 43.9 Å². The average molecular weight is 494 g/mol. The van der Waals surface area contributed by atoms with Crippen LogP contribution in [0.25, 0.3) is 16.5 Å². The lowest BCUT2D eigenvalue weighted by Gasteiger charge is -2.25.